The molecule has 0 bridgehead atoms. The number of hydrogen-bond acceptors (Lipinski definition) is 8. The normalized spacial score (nSPS) is 21.6. The summed E-state index contributed by atoms with van der Waals surface area (Å²) in [5, 5.41) is 27.4. The van der Waals surface area contributed by atoms with Crippen molar-refractivity contribution in [3.8, 4) is 6.07 Å². The third-order valence-corrected chi connectivity index (χ3v) is 7.73. The number of esters is 1. The Labute approximate surface area is 233 Å². The van der Waals surface area contributed by atoms with Gasteiger partial charge in [-0.15, -0.1) is 0 Å². The van der Waals surface area contributed by atoms with Crippen molar-refractivity contribution in [2.75, 3.05) is 39.3 Å². The van der Waals surface area contributed by atoms with Gasteiger partial charge in [-0.1, -0.05) is 12.1 Å². The number of piperazine rings is 1. The number of benzene rings is 2. The maximum Gasteiger partial charge on any atom is 0.490 e. The van der Waals surface area contributed by atoms with E-state index in [2.05, 4.69) is 9.80 Å². The number of nitriles is 1. The first-order valence-corrected chi connectivity index (χ1v) is 12.9. The highest BCUT2D eigenvalue weighted by Crippen LogP contribution is 2.32. The fraction of sp³-hybridized carbons (Fsp3) is 0.464. The Hall–Kier alpha value is -3.57. The Bertz CT molecular complexity index is 1380. The highest BCUT2D eigenvalue weighted by atomic mass is 19.4. The Kier molecular flexibility index (Phi) is 8.98. The molecule has 9 nitrogen and oxygen atoms in total. The van der Waals surface area contributed by atoms with E-state index in [-0.39, 0.29) is 30.3 Å². The fourth-order valence-electron chi connectivity index (χ4n) is 5.45. The van der Waals surface area contributed by atoms with Crippen LogP contribution in [0.1, 0.15) is 55.9 Å². The molecule has 2 aromatic carbocycles. The highest BCUT2D eigenvalue weighted by molar-refractivity contribution is 5.94. The summed E-state index contributed by atoms with van der Waals surface area (Å²) >= 11 is 0. The maximum absolute atomic E-state index is 13.9. The summed E-state index contributed by atoms with van der Waals surface area (Å²) < 4.78 is 57.0. The van der Waals surface area contributed by atoms with Crippen LogP contribution in [0.5, 0.6) is 0 Å². The van der Waals surface area contributed by atoms with Crippen LogP contribution in [-0.4, -0.2) is 83.5 Å². The van der Waals surface area contributed by atoms with Crippen molar-refractivity contribution >= 4 is 11.9 Å². The molecule has 41 heavy (non-hydrogen) atoms. The van der Waals surface area contributed by atoms with Gasteiger partial charge in [0.25, 0.3) is 0 Å². The third kappa shape index (κ3) is 6.51. The van der Waals surface area contributed by atoms with Gasteiger partial charge in [-0.3, -0.25) is 9.80 Å². The molecule has 2 aromatic rings. The predicted octanol–water partition coefficient (Wildman–Crippen LogP) is 3.41. The molecule has 220 valence electrons. The lowest BCUT2D eigenvalue weighted by molar-refractivity contribution is -0.192. The van der Waals surface area contributed by atoms with Gasteiger partial charge in [0.15, 0.2) is 0 Å². The summed E-state index contributed by atoms with van der Waals surface area (Å²) in [4.78, 5) is 25.3. The summed E-state index contributed by atoms with van der Waals surface area (Å²) in [7, 11) is 0. The zero-order valence-corrected chi connectivity index (χ0v) is 22.4. The SMILES string of the molecule is Cc1c([C@H]2CN3CCN(C[C@H](O)c4ccc5c(c4C)COC5=O)C[C@H]3CO2)ccc(F)c1C#N.O=C(O)C(F)(F)F. The minimum absolute atomic E-state index is 0.0832. The molecular formula is C28H29F4N3O6. The molecule has 5 rings (SSSR count). The van der Waals surface area contributed by atoms with Crippen LogP contribution in [0.4, 0.5) is 17.6 Å². The van der Waals surface area contributed by atoms with Gasteiger partial charge in [-0.05, 0) is 48.2 Å². The summed E-state index contributed by atoms with van der Waals surface area (Å²) in [5.74, 6) is -3.56. The number of β-amino-alcohol motifs (C(OH)–C–C–N with tert-alkyl or cyclic N) is 1. The molecule has 0 amide bonds. The number of carbonyl (C=O) groups is 2. The van der Waals surface area contributed by atoms with E-state index in [0.717, 1.165) is 41.9 Å². The Balaban J connectivity index is 0.000000493. The first-order chi connectivity index (χ1) is 19.3. The number of carbonyl (C=O) groups excluding carboxylic acids is 1. The number of aliphatic carboxylic acids is 1. The molecule has 2 N–H and O–H groups in total. The number of carboxylic acid groups (broad SMARTS) is 1. The number of aliphatic hydroxyl groups excluding tert-OH is 1. The van der Waals surface area contributed by atoms with Crippen molar-refractivity contribution in [2.45, 2.75) is 44.9 Å². The number of halogens is 4. The number of cyclic esters (lactones) is 1. The van der Waals surface area contributed by atoms with Gasteiger partial charge < -0.3 is 19.7 Å². The van der Waals surface area contributed by atoms with Crippen LogP contribution in [0.3, 0.4) is 0 Å². The Morgan fingerprint density at radius 3 is 2.54 bits per heavy atom. The molecule has 3 aliphatic rings. The van der Waals surface area contributed by atoms with Crippen LogP contribution in [0.25, 0.3) is 0 Å². The fourth-order valence-corrected chi connectivity index (χ4v) is 5.45. The van der Waals surface area contributed by atoms with Gasteiger partial charge >= 0.3 is 18.1 Å². The molecule has 13 heteroatoms. The molecule has 0 radical (unpaired) electrons. The van der Waals surface area contributed by atoms with Gasteiger partial charge in [0.05, 0.1) is 29.9 Å². The van der Waals surface area contributed by atoms with Crippen LogP contribution in [0.2, 0.25) is 0 Å². The number of alkyl halides is 3. The number of ether oxygens (including phenoxy) is 2. The number of nitrogens with zero attached hydrogens (tertiary/aromatic N) is 3. The minimum Gasteiger partial charge on any atom is -0.475 e. The summed E-state index contributed by atoms with van der Waals surface area (Å²) in [6.45, 7) is 8.14. The number of morpholine rings is 1. The van der Waals surface area contributed by atoms with Gasteiger partial charge in [0.1, 0.15) is 18.5 Å². The van der Waals surface area contributed by atoms with Crippen LogP contribution in [0.15, 0.2) is 24.3 Å². The van der Waals surface area contributed by atoms with E-state index >= 15 is 0 Å². The van der Waals surface area contributed by atoms with Crippen molar-refractivity contribution in [3.05, 3.63) is 69.0 Å². The minimum atomic E-state index is -5.08. The molecule has 0 unspecified atom stereocenters. The van der Waals surface area contributed by atoms with Crippen LogP contribution in [0, 0.1) is 31.0 Å². The van der Waals surface area contributed by atoms with E-state index in [1.165, 1.54) is 6.07 Å². The molecule has 3 heterocycles. The van der Waals surface area contributed by atoms with Gasteiger partial charge in [-0.25, -0.2) is 14.0 Å². The van der Waals surface area contributed by atoms with Crippen molar-refractivity contribution in [3.63, 3.8) is 0 Å². The van der Waals surface area contributed by atoms with Crippen LogP contribution >= 0.6 is 0 Å². The Morgan fingerprint density at radius 1 is 1.17 bits per heavy atom. The van der Waals surface area contributed by atoms with E-state index in [0.29, 0.717) is 30.8 Å². The van der Waals surface area contributed by atoms with Crippen LogP contribution < -0.4 is 0 Å². The third-order valence-electron chi connectivity index (χ3n) is 7.73. The zero-order chi connectivity index (χ0) is 30.1. The van der Waals surface area contributed by atoms with Crippen molar-refractivity contribution < 1.29 is 46.8 Å². The molecule has 3 atom stereocenters. The quantitative estimate of drug-likeness (QED) is 0.414. The second-order valence-electron chi connectivity index (χ2n) is 10.2. The summed E-state index contributed by atoms with van der Waals surface area (Å²) in [6.07, 6.45) is -5.93. The highest BCUT2D eigenvalue weighted by Gasteiger charge is 2.38. The lowest BCUT2D eigenvalue weighted by Gasteiger charge is -2.46. The predicted molar refractivity (Wildman–Crippen MR) is 135 cm³/mol. The molecule has 2 saturated heterocycles. The standard InChI is InChI=1S/C26H28FN3O4.C2HF3O2/c1-15-18(3-4-20-22(15)14-34-26(20)32)24(31)11-29-7-8-30-12-25(33-13-17(30)10-29)19-5-6-23(27)21(9-28)16(19)2;3-2(4,5)1(6)7/h3-6,17,24-25,31H,7-8,10-14H2,1-2H3;(H,6,7)/t17-,24-,25+;/m0./s1. The molecule has 0 aliphatic carbocycles. The van der Waals surface area contributed by atoms with Gasteiger partial charge in [0, 0.05) is 44.3 Å². The number of rotatable bonds is 4. The lowest BCUT2D eigenvalue weighted by Crippen LogP contribution is -2.58. The first-order valence-electron chi connectivity index (χ1n) is 12.9. The van der Waals surface area contributed by atoms with Crippen molar-refractivity contribution in [2.24, 2.45) is 0 Å². The first kappa shape index (κ1) is 30.4. The second kappa shape index (κ2) is 12.1. The summed E-state index contributed by atoms with van der Waals surface area (Å²) in [6, 6.07) is 8.81. The van der Waals surface area contributed by atoms with Gasteiger partial charge in [-0.2, -0.15) is 18.4 Å². The van der Waals surface area contributed by atoms with Crippen LogP contribution in [-0.2, 0) is 20.9 Å². The number of fused-ring (bicyclic) bond motifs is 2. The molecular weight excluding hydrogens is 550 g/mol. The monoisotopic (exact) mass is 579 g/mol. The number of carboxylic acids is 1. The van der Waals surface area contributed by atoms with E-state index in [4.69, 9.17) is 19.4 Å². The zero-order valence-electron chi connectivity index (χ0n) is 22.4. The smallest absolute Gasteiger partial charge is 0.475 e. The molecule has 2 fully saturated rings. The van der Waals surface area contributed by atoms with E-state index in [9.17, 15) is 32.7 Å². The number of aliphatic hydroxyl groups is 1. The van der Waals surface area contributed by atoms with E-state index in [1.54, 1.807) is 19.1 Å². The topological polar surface area (TPSA) is 123 Å². The maximum atomic E-state index is 13.9. The Morgan fingerprint density at radius 2 is 1.88 bits per heavy atom. The largest absolute Gasteiger partial charge is 0.490 e. The molecule has 0 saturated carbocycles. The molecule has 0 spiro atoms. The average Bonchev–Trinajstić information content (AvgIpc) is 3.30. The molecule has 3 aliphatic heterocycles. The number of hydrogen-bond donors (Lipinski definition) is 2. The molecule has 0 aromatic heterocycles. The van der Waals surface area contributed by atoms with E-state index in [1.807, 2.05) is 19.1 Å². The van der Waals surface area contributed by atoms with E-state index < -0.39 is 24.1 Å². The summed E-state index contributed by atoms with van der Waals surface area (Å²) in [5.41, 5.74) is 4.81. The second-order valence-corrected chi connectivity index (χ2v) is 10.2. The average molecular weight is 580 g/mol. The van der Waals surface area contributed by atoms with Crippen molar-refractivity contribution in [1.82, 2.24) is 9.80 Å². The van der Waals surface area contributed by atoms with Gasteiger partial charge in [0.2, 0.25) is 0 Å². The van der Waals surface area contributed by atoms with Crippen molar-refractivity contribution in [1.29, 1.82) is 5.26 Å². The lowest BCUT2D eigenvalue weighted by atomic mass is 9.94.